The van der Waals surface area contributed by atoms with Crippen LogP contribution < -0.4 is 10.6 Å². The molecule has 0 atom stereocenters. The number of nitrogens with one attached hydrogen (secondary N) is 2. The molecule has 0 bridgehead atoms. The normalized spacial score (nSPS) is 11.1. The number of benzene rings is 1. The summed E-state index contributed by atoms with van der Waals surface area (Å²) >= 11 is 2.44. The van der Waals surface area contributed by atoms with E-state index < -0.39 is 17.6 Å². The van der Waals surface area contributed by atoms with Gasteiger partial charge in [-0.15, -0.1) is 16.8 Å². The second-order valence-corrected chi connectivity index (χ2v) is 6.66. The van der Waals surface area contributed by atoms with Crippen LogP contribution in [0, 0.1) is 0 Å². The van der Waals surface area contributed by atoms with Gasteiger partial charge in [0, 0.05) is 12.2 Å². The summed E-state index contributed by atoms with van der Waals surface area (Å²) in [4.78, 5) is 11.8. The molecule has 5 nitrogen and oxygen atoms in total. The first-order valence-electron chi connectivity index (χ1n) is 6.66. The van der Waals surface area contributed by atoms with E-state index >= 15 is 0 Å². The van der Waals surface area contributed by atoms with Gasteiger partial charge in [-0.05, 0) is 18.2 Å². The topological polar surface area (TPSA) is 66.9 Å². The second-order valence-electron chi connectivity index (χ2n) is 4.46. The molecule has 2 aromatic rings. The molecular weight excluding hydrogens is 361 g/mol. The summed E-state index contributed by atoms with van der Waals surface area (Å²) in [6.07, 6.45) is -2.77. The number of nitrogens with zero attached hydrogens (tertiary/aromatic N) is 2. The molecule has 0 aliphatic heterocycles. The molecule has 1 aromatic heterocycles. The van der Waals surface area contributed by atoms with Crippen molar-refractivity contribution in [2.45, 2.75) is 10.5 Å². The SMILES string of the molecule is C=CCNc1nnc(SCC(=O)Nc2cccc(C(F)(F)F)c2)s1. The van der Waals surface area contributed by atoms with Gasteiger partial charge in [0.25, 0.3) is 0 Å². The minimum atomic E-state index is -4.45. The van der Waals surface area contributed by atoms with Crippen LogP contribution in [0.4, 0.5) is 24.0 Å². The van der Waals surface area contributed by atoms with Crippen molar-refractivity contribution in [1.82, 2.24) is 10.2 Å². The number of carbonyl (C=O) groups excluding carboxylic acids is 1. The first kappa shape index (κ1) is 18.3. The summed E-state index contributed by atoms with van der Waals surface area (Å²) in [7, 11) is 0. The molecule has 1 heterocycles. The fourth-order valence-corrected chi connectivity index (χ4v) is 3.16. The second kappa shape index (κ2) is 8.15. The van der Waals surface area contributed by atoms with E-state index in [4.69, 9.17) is 0 Å². The van der Waals surface area contributed by atoms with Crippen molar-refractivity contribution in [2.75, 3.05) is 22.9 Å². The minimum absolute atomic E-state index is 0.0202. The lowest BCUT2D eigenvalue weighted by molar-refractivity contribution is -0.137. The molecule has 24 heavy (non-hydrogen) atoms. The third-order valence-electron chi connectivity index (χ3n) is 2.60. The predicted octanol–water partition coefficient (Wildman–Crippen LogP) is 3.89. The number of anilines is 2. The summed E-state index contributed by atoms with van der Waals surface area (Å²) in [6, 6.07) is 4.49. The number of amides is 1. The highest BCUT2D eigenvalue weighted by Crippen LogP contribution is 2.31. The van der Waals surface area contributed by atoms with E-state index in [1.165, 1.54) is 23.5 Å². The molecule has 0 aliphatic carbocycles. The Balaban J connectivity index is 1.87. The summed E-state index contributed by atoms with van der Waals surface area (Å²) in [6.45, 7) is 4.12. The van der Waals surface area contributed by atoms with E-state index in [-0.39, 0.29) is 11.4 Å². The van der Waals surface area contributed by atoms with E-state index in [1.807, 2.05) is 0 Å². The maximum absolute atomic E-state index is 12.6. The average molecular weight is 374 g/mol. The smallest absolute Gasteiger partial charge is 0.357 e. The number of thioether (sulfide) groups is 1. The zero-order chi connectivity index (χ0) is 17.6. The van der Waals surface area contributed by atoms with Crippen LogP contribution in [-0.4, -0.2) is 28.4 Å². The fourth-order valence-electron chi connectivity index (χ4n) is 1.60. The van der Waals surface area contributed by atoms with Crippen molar-refractivity contribution < 1.29 is 18.0 Å². The van der Waals surface area contributed by atoms with Crippen molar-refractivity contribution in [3.63, 3.8) is 0 Å². The van der Waals surface area contributed by atoms with Crippen LogP contribution in [0.15, 0.2) is 41.3 Å². The molecule has 128 valence electrons. The highest BCUT2D eigenvalue weighted by atomic mass is 32.2. The van der Waals surface area contributed by atoms with Gasteiger partial charge in [0.2, 0.25) is 11.0 Å². The van der Waals surface area contributed by atoms with Crippen molar-refractivity contribution in [1.29, 1.82) is 0 Å². The molecule has 2 rings (SSSR count). The highest BCUT2D eigenvalue weighted by molar-refractivity contribution is 8.01. The molecule has 0 radical (unpaired) electrons. The molecule has 2 N–H and O–H groups in total. The summed E-state index contributed by atoms with van der Waals surface area (Å²) < 4.78 is 38.5. The Morgan fingerprint density at radius 3 is 2.88 bits per heavy atom. The lowest BCUT2D eigenvalue weighted by Crippen LogP contribution is -2.15. The lowest BCUT2D eigenvalue weighted by atomic mass is 10.2. The van der Waals surface area contributed by atoms with E-state index in [2.05, 4.69) is 27.4 Å². The number of halogens is 3. The minimum Gasteiger partial charge on any atom is -0.357 e. The van der Waals surface area contributed by atoms with Crippen LogP contribution in [0.5, 0.6) is 0 Å². The van der Waals surface area contributed by atoms with Crippen LogP contribution in [0.25, 0.3) is 0 Å². The van der Waals surface area contributed by atoms with Gasteiger partial charge >= 0.3 is 6.18 Å². The molecule has 0 fully saturated rings. The van der Waals surface area contributed by atoms with E-state index in [9.17, 15) is 18.0 Å². The Labute approximate surface area is 144 Å². The lowest BCUT2D eigenvalue weighted by Gasteiger charge is -2.09. The maximum Gasteiger partial charge on any atom is 0.416 e. The third kappa shape index (κ3) is 5.53. The van der Waals surface area contributed by atoms with Crippen molar-refractivity contribution >= 4 is 39.8 Å². The van der Waals surface area contributed by atoms with Gasteiger partial charge in [-0.1, -0.05) is 35.2 Å². The standard InChI is InChI=1S/C14H13F3N4OS2/c1-2-6-18-12-20-21-13(24-12)23-8-11(22)19-10-5-3-4-9(7-10)14(15,16)17/h2-5,7H,1,6,8H2,(H,18,20)(H,19,22). The summed E-state index contributed by atoms with van der Waals surface area (Å²) in [5.74, 6) is -0.401. The largest absolute Gasteiger partial charge is 0.416 e. The van der Waals surface area contributed by atoms with Crippen LogP contribution in [0.3, 0.4) is 0 Å². The molecule has 10 heteroatoms. The molecule has 1 aromatic carbocycles. The molecule has 0 spiro atoms. The van der Waals surface area contributed by atoms with Gasteiger partial charge in [-0.25, -0.2) is 0 Å². The Kier molecular flexibility index (Phi) is 6.21. The van der Waals surface area contributed by atoms with E-state index in [0.717, 1.165) is 23.9 Å². The maximum atomic E-state index is 12.6. The number of alkyl halides is 3. The summed E-state index contributed by atoms with van der Waals surface area (Å²) in [5.41, 5.74) is -0.712. The van der Waals surface area contributed by atoms with Gasteiger partial charge in [0.1, 0.15) is 0 Å². The summed E-state index contributed by atoms with van der Waals surface area (Å²) in [5, 5.41) is 13.8. The van der Waals surface area contributed by atoms with Crippen LogP contribution in [0.1, 0.15) is 5.56 Å². The van der Waals surface area contributed by atoms with Crippen LogP contribution in [-0.2, 0) is 11.0 Å². The molecule has 0 aliphatic rings. The monoisotopic (exact) mass is 374 g/mol. The average Bonchev–Trinajstić information content (AvgIpc) is 2.98. The molecule has 0 saturated carbocycles. The van der Waals surface area contributed by atoms with E-state index in [1.54, 1.807) is 6.08 Å². The number of hydrogen-bond acceptors (Lipinski definition) is 6. The van der Waals surface area contributed by atoms with Gasteiger partial charge in [0.05, 0.1) is 11.3 Å². The molecule has 0 unspecified atom stereocenters. The first-order chi connectivity index (χ1) is 11.4. The van der Waals surface area contributed by atoms with Gasteiger partial charge in [-0.2, -0.15) is 13.2 Å². The number of aromatic nitrogens is 2. The molecule has 1 amide bonds. The number of rotatable bonds is 7. The van der Waals surface area contributed by atoms with Crippen molar-refractivity contribution in [3.8, 4) is 0 Å². The first-order valence-corrected chi connectivity index (χ1v) is 8.47. The van der Waals surface area contributed by atoms with Crippen molar-refractivity contribution in [2.24, 2.45) is 0 Å². The Morgan fingerprint density at radius 2 is 2.17 bits per heavy atom. The van der Waals surface area contributed by atoms with Crippen LogP contribution in [0.2, 0.25) is 0 Å². The number of carbonyl (C=O) groups is 1. The Morgan fingerprint density at radius 1 is 1.38 bits per heavy atom. The zero-order valence-corrected chi connectivity index (χ0v) is 13.9. The highest BCUT2D eigenvalue weighted by Gasteiger charge is 2.30. The number of hydrogen-bond donors (Lipinski definition) is 2. The van der Waals surface area contributed by atoms with Gasteiger partial charge in [0.15, 0.2) is 4.34 Å². The predicted molar refractivity (Wildman–Crippen MR) is 89.4 cm³/mol. The Hall–Kier alpha value is -2.07. The molecular formula is C14H13F3N4OS2. The van der Waals surface area contributed by atoms with Crippen LogP contribution >= 0.6 is 23.1 Å². The van der Waals surface area contributed by atoms with Gasteiger partial charge in [-0.3, -0.25) is 4.79 Å². The fraction of sp³-hybridized carbons (Fsp3) is 0.214. The zero-order valence-electron chi connectivity index (χ0n) is 12.3. The third-order valence-corrected chi connectivity index (χ3v) is 4.62. The molecule has 0 saturated heterocycles. The quantitative estimate of drug-likeness (QED) is 0.569. The van der Waals surface area contributed by atoms with Crippen molar-refractivity contribution in [3.05, 3.63) is 42.5 Å². The Bertz CT molecular complexity index is 718. The van der Waals surface area contributed by atoms with E-state index in [0.29, 0.717) is 16.0 Å². The van der Waals surface area contributed by atoms with Gasteiger partial charge < -0.3 is 10.6 Å².